The summed E-state index contributed by atoms with van der Waals surface area (Å²) in [6.07, 6.45) is 4.32. The molecule has 2 aliphatic rings. The van der Waals surface area contributed by atoms with E-state index >= 15 is 0 Å². The average molecular weight is 281 g/mol. The van der Waals surface area contributed by atoms with Gasteiger partial charge in [-0.15, -0.1) is 16.8 Å². The minimum absolute atomic E-state index is 0.0879. The Morgan fingerprint density at radius 3 is 2.79 bits per heavy atom. The van der Waals surface area contributed by atoms with Crippen LogP contribution in [0.15, 0.2) is 17.8 Å². The van der Waals surface area contributed by atoms with Gasteiger partial charge in [0.25, 0.3) is 0 Å². The van der Waals surface area contributed by atoms with Gasteiger partial charge in [-0.05, 0) is 12.8 Å². The van der Waals surface area contributed by atoms with Crippen molar-refractivity contribution in [3.63, 3.8) is 0 Å². The molecule has 1 N–H and O–H groups in total. The van der Waals surface area contributed by atoms with Gasteiger partial charge in [0.2, 0.25) is 0 Å². The van der Waals surface area contributed by atoms with Crippen LogP contribution in [0.25, 0.3) is 0 Å². The summed E-state index contributed by atoms with van der Waals surface area (Å²) >= 11 is 1.66. The van der Waals surface area contributed by atoms with Crippen molar-refractivity contribution in [1.82, 2.24) is 14.8 Å². The number of aliphatic hydroxyl groups excluding tert-OH is 1. The lowest BCUT2D eigenvalue weighted by molar-refractivity contribution is -0.121. The molecule has 0 bridgehead atoms. The van der Waals surface area contributed by atoms with Crippen LogP contribution in [0, 0.1) is 5.41 Å². The van der Waals surface area contributed by atoms with Crippen LogP contribution in [0.1, 0.15) is 24.6 Å². The molecular weight excluding hydrogens is 262 g/mol. The third-order valence-electron chi connectivity index (χ3n) is 3.66. The molecule has 1 aliphatic heterocycles. The van der Waals surface area contributed by atoms with Crippen molar-refractivity contribution in [3.8, 4) is 0 Å². The molecule has 2 fully saturated rings. The molecule has 6 heteroatoms. The van der Waals surface area contributed by atoms with Crippen molar-refractivity contribution in [1.29, 1.82) is 0 Å². The fourth-order valence-corrected chi connectivity index (χ4v) is 3.30. The summed E-state index contributed by atoms with van der Waals surface area (Å²) in [4.78, 5) is 0. The number of thioether (sulfide) groups is 1. The van der Waals surface area contributed by atoms with Crippen LogP contribution in [0.5, 0.6) is 0 Å². The molecule has 0 spiro atoms. The van der Waals surface area contributed by atoms with E-state index < -0.39 is 0 Å². The van der Waals surface area contributed by atoms with Crippen LogP contribution in [0.2, 0.25) is 0 Å². The maximum Gasteiger partial charge on any atom is 0.191 e. The van der Waals surface area contributed by atoms with E-state index in [4.69, 9.17) is 4.74 Å². The summed E-state index contributed by atoms with van der Waals surface area (Å²) in [6, 6.07) is 0. The molecule has 0 radical (unpaired) electrons. The largest absolute Gasteiger partial charge is 0.396 e. The van der Waals surface area contributed by atoms with E-state index in [0.29, 0.717) is 19.1 Å². The molecule has 104 valence electrons. The van der Waals surface area contributed by atoms with Gasteiger partial charge in [0, 0.05) is 23.6 Å². The van der Waals surface area contributed by atoms with Gasteiger partial charge in [-0.3, -0.25) is 0 Å². The minimum Gasteiger partial charge on any atom is -0.396 e. The molecule has 0 amide bonds. The van der Waals surface area contributed by atoms with Gasteiger partial charge in [0.15, 0.2) is 5.16 Å². The van der Waals surface area contributed by atoms with E-state index in [-0.39, 0.29) is 12.0 Å². The van der Waals surface area contributed by atoms with Crippen molar-refractivity contribution in [2.24, 2.45) is 5.41 Å². The van der Waals surface area contributed by atoms with Gasteiger partial charge in [-0.1, -0.05) is 17.8 Å². The SMILES string of the molecule is C=CCn1c(SCC2(CO)COC2)nnc1C1CC1. The number of nitrogens with zero attached hydrogens (tertiary/aromatic N) is 3. The molecule has 0 aromatic carbocycles. The number of aliphatic hydroxyl groups is 1. The van der Waals surface area contributed by atoms with Crippen LogP contribution >= 0.6 is 11.8 Å². The van der Waals surface area contributed by atoms with Crippen LogP contribution in [0.3, 0.4) is 0 Å². The molecular formula is C13H19N3O2S. The van der Waals surface area contributed by atoms with Gasteiger partial charge in [0.1, 0.15) is 5.82 Å². The van der Waals surface area contributed by atoms with E-state index in [1.807, 2.05) is 6.08 Å². The second-order valence-electron chi connectivity index (χ2n) is 5.45. The standard InChI is InChI=1S/C13H19N3O2S/c1-2-5-16-11(10-3-4-10)14-15-12(16)19-9-13(6-17)7-18-8-13/h2,10,17H,1,3-9H2. The van der Waals surface area contributed by atoms with Crippen molar-refractivity contribution < 1.29 is 9.84 Å². The van der Waals surface area contributed by atoms with Crippen LogP contribution in [-0.4, -0.2) is 45.4 Å². The Morgan fingerprint density at radius 1 is 1.47 bits per heavy atom. The second kappa shape index (κ2) is 5.26. The van der Waals surface area contributed by atoms with Crippen LogP contribution in [0.4, 0.5) is 0 Å². The smallest absolute Gasteiger partial charge is 0.191 e. The van der Waals surface area contributed by atoms with E-state index in [2.05, 4.69) is 21.3 Å². The average Bonchev–Trinajstić information content (AvgIpc) is 3.13. The predicted molar refractivity (Wildman–Crippen MR) is 73.3 cm³/mol. The zero-order valence-corrected chi connectivity index (χ0v) is 11.7. The Bertz CT molecular complexity index is 461. The van der Waals surface area contributed by atoms with Gasteiger partial charge in [0.05, 0.1) is 19.8 Å². The van der Waals surface area contributed by atoms with E-state index in [0.717, 1.165) is 23.3 Å². The number of rotatable bonds is 7. The lowest BCUT2D eigenvalue weighted by Gasteiger charge is -2.39. The quantitative estimate of drug-likeness (QED) is 0.605. The molecule has 1 aliphatic carbocycles. The summed E-state index contributed by atoms with van der Waals surface area (Å²) in [5.74, 6) is 2.50. The Hall–Kier alpha value is -0.850. The summed E-state index contributed by atoms with van der Waals surface area (Å²) in [5, 5.41) is 19.0. The lowest BCUT2D eigenvalue weighted by Crippen LogP contribution is -2.47. The summed E-state index contributed by atoms with van der Waals surface area (Å²) in [7, 11) is 0. The monoisotopic (exact) mass is 281 g/mol. The predicted octanol–water partition coefficient (Wildman–Crippen LogP) is 1.44. The molecule has 3 rings (SSSR count). The van der Waals surface area contributed by atoms with Crippen LogP contribution in [-0.2, 0) is 11.3 Å². The highest BCUT2D eigenvalue weighted by Crippen LogP contribution is 2.41. The first-order valence-electron chi connectivity index (χ1n) is 6.63. The summed E-state index contributed by atoms with van der Waals surface area (Å²) < 4.78 is 7.37. The fourth-order valence-electron chi connectivity index (χ4n) is 2.18. The fraction of sp³-hybridized carbons (Fsp3) is 0.692. The summed E-state index contributed by atoms with van der Waals surface area (Å²) in [6.45, 7) is 6.01. The second-order valence-corrected chi connectivity index (χ2v) is 6.40. The highest BCUT2D eigenvalue weighted by atomic mass is 32.2. The number of aromatic nitrogens is 3. The van der Waals surface area contributed by atoms with Crippen molar-refractivity contribution in [2.75, 3.05) is 25.6 Å². The van der Waals surface area contributed by atoms with E-state index in [9.17, 15) is 5.11 Å². The van der Waals surface area contributed by atoms with E-state index in [1.54, 1.807) is 11.8 Å². The number of allylic oxidation sites excluding steroid dienone is 1. The number of ether oxygens (including phenoxy) is 1. The van der Waals surface area contributed by atoms with Crippen molar-refractivity contribution in [3.05, 3.63) is 18.5 Å². The number of hydrogen-bond donors (Lipinski definition) is 1. The first-order valence-corrected chi connectivity index (χ1v) is 7.62. The molecule has 19 heavy (non-hydrogen) atoms. The molecule has 2 heterocycles. The molecule has 1 aromatic rings. The van der Waals surface area contributed by atoms with Crippen LogP contribution < -0.4 is 0 Å². The first kappa shape index (κ1) is 13.1. The third-order valence-corrected chi connectivity index (χ3v) is 4.98. The Labute approximate surface area is 117 Å². The maximum absolute atomic E-state index is 9.44. The molecule has 1 saturated carbocycles. The van der Waals surface area contributed by atoms with Crippen molar-refractivity contribution in [2.45, 2.75) is 30.5 Å². The first-order chi connectivity index (χ1) is 9.28. The highest BCUT2D eigenvalue weighted by Gasteiger charge is 2.39. The molecule has 0 atom stereocenters. The van der Waals surface area contributed by atoms with Crippen molar-refractivity contribution >= 4 is 11.8 Å². The maximum atomic E-state index is 9.44. The van der Waals surface area contributed by atoms with Gasteiger partial charge in [-0.25, -0.2) is 0 Å². The van der Waals surface area contributed by atoms with Gasteiger partial charge >= 0.3 is 0 Å². The molecule has 1 saturated heterocycles. The molecule has 5 nitrogen and oxygen atoms in total. The Balaban J connectivity index is 1.71. The Morgan fingerprint density at radius 2 is 2.26 bits per heavy atom. The molecule has 0 unspecified atom stereocenters. The zero-order valence-electron chi connectivity index (χ0n) is 10.9. The third kappa shape index (κ3) is 2.57. The zero-order chi connectivity index (χ0) is 13.3. The molecule has 1 aromatic heterocycles. The summed E-state index contributed by atoms with van der Waals surface area (Å²) in [5.41, 5.74) is -0.0879. The van der Waals surface area contributed by atoms with E-state index in [1.165, 1.54) is 12.8 Å². The normalized spacial score (nSPS) is 21.1. The van der Waals surface area contributed by atoms with Gasteiger partial charge < -0.3 is 14.4 Å². The lowest BCUT2D eigenvalue weighted by atomic mass is 9.90. The van der Waals surface area contributed by atoms with Gasteiger partial charge in [-0.2, -0.15) is 0 Å². The topological polar surface area (TPSA) is 60.2 Å². The number of hydrogen-bond acceptors (Lipinski definition) is 5. The highest BCUT2D eigenvalue weighted by molar-refractivity contribution is 7.99. The Kier molecular flexibility index (Phi) is 3.64. The minimum atomic E-state index is -0.0879.